The van der Waals surface area contributed by atoms with E-state index in [2.05, 4.69) is 41.8 Å². The van der Waals surface area contributed by atoms with Crippen molar-refractivity contribution in [3.63, 3.8) is 0 Å². The van der Waals surface area contributed by atoms with Crippen LogP contribution in [0.3, 0.4) is 0 Å². The Hall–Kier alpha value is -1.06. The van der Waals surface area contributed by atoms with Crippen molar-refractivity contribution in [3.05, 3.63) is 29.8 Å². The molecule has 1 aromatic rings. The minimum Gasteiger partial charge on any atom is -0.385 e. The van der Waals surface area contributed by atoms with Crippen LogP contribution in [0.4, 0.5) is 5.69 Å². The van der Waals surface area contributed by atoms with Gasteiger partial charge in [-0.05, 0) is 37.3 Å². The molecule has 1 saturated heterocycles. The Kier molecular flexibility index (Phi) is 4.04. The van der Waals surface area contributed by atoms with Crippen LogP contribution in [-0.2, 0) is 4.74 Å². The molecule has 0 amide bonds. The van der Waals surface area contributed by atoms with Gasteiger partial charge in [-0.1, -0.05) is 18.2 Å². The first kappa shape index (κ1) is 12.9. The molecule has 2 heterocycles. The third-order valence-electron chi connectivity index (χ3n) is 4.57. The van der Waals surface area contributed by atoms with Crippen molar-refractivity contribution in [3.8, 4) is 0 Å². The molecule has 2 aliphatic rings. The van der Waals surface area contributed by atoms with Gasteiger partial charge in [0.25, 0.3) is 0 Å². The lowest BCUT2D eigenvalue weighted by atomic mass is 9.90. The Labute approximate surface area is 115 Å². The van der Waals surface area contributed by atoms with Gasteiger partial charge in [0.2, 0.25) is 0 Å². The zero-order valence-electron chi connectivity index (χ0n) is 11.7. The van der Waals surface area contributed by atoms with Crippen LogP contribution in [0.1, 0.15) is 31.2 Å². The quantitative estimate of drug-likeness (QED) is 0.873. The summed E-state index contributed by atoms with van der Waals surface area (Å²) in [6.07, 6.45) is 2.43. The van der Waals surface area contributed by atoms with Gasteiger partial charge in [0, 0.05) is 37.3 Å². The fraction of sp³-hybridized carbons (Fsp3) is 0.625. The van der Waals surface area contributed by atoms with Crippen molar-refractivity contribution < 1.29 is 4.74 Å². The number of para-hydroxylation sites is 1. The maximum Gasteiger partial charge on any atom is 0.0509 e. The topological polar surface area (TPSA) is 33.3 Å². The Balaban J connectivity index is 1.58. The SMILES string of the molecule is CC(NCC1CCNc2ccccc21)C1CCOC1. The first-order valence-electron chi connectivity index (χ1n) is 7.48. The molecular weight excluding hydrogens is 236 g/mol. The van der Waals surface area contributed by atoms with Crippen molar-refractivity contribution in [2.45, 2.75) is 31.7 Å². The van der Waals surface area contributed by atoms with Crippen LogP contribution >= 0.6 is 0 Å². The van der Waals surface area contributed by atoms with Crippen LogP contribution in [0.2, 0.25) is 0 Å². The van der Waals surface area contributed by atoms with Gasteiger partial charge >= 0.3 is 0 Å². The predicted molar refractivity (Wildman–Crippen MR) is 78.7 cm³/mol. The number of hydrogen-bond acceptors (Lipinski definition) is 3. The van der Waals surface area contributed by atoms with Crippen LogP contribution in [0, 0.1) is 5.92 Å². The largest absolute Gasteiger partial charge is 0.385 e. The van der Waals surface area contributed by atoms with E-state index < -0.39 is 0 Å². The van der Waals surface area contributed by atoms with Crippen LogP contribution < -0.4 is 10.6 Å². The molecule has 0 spiro atoms. The van der Waals surface area contributed by atoms with Gasteiger partial charge in [0.15, 0.2) is 0 Å². The summed E-state index contributed by atoms with van der Waals surface area (Å²) in [6, 6.07) is 9.27. The Morgan fingerprint density at radius 1 is 1.37 bits per heavy atom. The highest BCUT2D eigenvalue weighted by Crippen LogP contribution is 2.31. The standard InChI is InChI=1S/C16H24N2O/c1-12(14-7-9-19-11-14)18-10-13-6-8-17-16-5-3-2-4-15(13)16/h2-5,12-14,17-18H,6-11H2,1H3. The number of nitrogens with one attached hydrogen (secondary N) is 2. The average molecular weight is 260 g/mol. The smallest absolute Gasteiger partial charge is 0.0509 e. The minimum absolute atomic E-state index is 0.560. The summed E-state index contributed by atoms with van der Waals surface area (Å²) < 4.78 is 5.48. The highest BCUT2D eigenvalue weighted by atomic mass is 16.5. The minimum atomic E-state index is 0.560. The van der Waals surface area contributed by atoms with E-state index in [1.54, 1.807) is 0 Å². The van der Waals surface area contributed by atoms with E-state index in [1.807, 2.05) is 0 Å². The molecule has 2 N–H and O–H groups in total. The van der Waals surface area contributed by atoms with Gasteiger partial charge in [-0.15, -0.1) is 0 Å². The van der Waals surface area contributed by atoms with E-state index in [1.165, 1.54) is 24.1 Å². The number of hydrogen-bond donors (Lipinski definition) is 2. The summed E-state index contributed by atoms with van der Waals surface area (Å²) in [7, 11) is 0. The van der Waals surface area contributed by atoms with Gasteiger partial charge in [-0.2, -0.15) is 0 Å². The number of benzene rings is 1. The van der Waals surface area contributed by atoms with Crippen molar-refractivity contribution in [1.29, 1.82) is 0 Å². The van der Waals surface area contributed by atoms with E-state index in [0.29, 0.717) is 17.9 Å². The molecule has 3 nitrogen and oxygen atoms in total. The second-order valence-electron chi connectivity index (χ2n) is 5.82. The summed E-state index contributed by atoms with van der Waals surface area (Å²) in [6.45, 7) is 6.33. The first-order chi connectivity index (χ1) is 9.34. The Bertz CT molecular complexity index is 415. The molecule has 0 aliphatic carbocycles. The highest BCUT2D eigenvalue weighted by Gasteiger charge is 2.24. The molecule has 3 rings (SSSR count). The van der Waals surface area contributed by atoms with Gasteiger partial charge < -0.3 is 15.4 Å². The third-order valence-corrected chi connectivity index (χ3v) is 4.57. The lowest BCUT2D eigenvalue weighted by Gasteiger charge is -2.29. The second kappa shape index (κ2) is 5.93. The van der Waals surface area contributed by atoms with Crippen LogP contribution in [0.5, 0.6) is 0 Å². The average Bonchev–Trinajstić information content (AvgIpc) is 2.99. The molecule has 0 radical (unpaired) electrons. The third kappa shape index (κ3) is 2.93. The lowest BCUT2D eigenvalue weighted by Crippen LogP contribution is -2.37. The van der Waals surface area contributed by atoms with E-state index in [4.69, 9.17) is 4.74 Å². The molecule has 1 aromatic carbocycles. The monoisotopic (exact) mass is 260 g/mol. The number of anilines is 1. The maximum absolute atomic E-state index is 5.48. The second-order valence-corrected chi connectivity index (χ2v) is 5.82. The van der Waals surface area contributed by atoms with Crippen LogP contribution in [-0.4, -0.2) is 32.3 Å². The number of rotatable bonds is 4. The molecule has 3 atom stereocenters. The zero-order valence-corrected chi connectivity index (χ0v) is 11.7. The summed E-state index contributed by atoms with van der Waals surface area (Å²) in [5.74, 6) is 1.33. The van der Waals surface area contributed by atoms with E-state index in [-0.39, 0.29) is 0 Å². The number of ether oxygens (including phenoxy) is 1. The summed E-state index contributed by atoms with van der Waals surface area (Å²) in [4.78, 5) is 0. The lowest BCUT2D eigenvalue weighted by molar-refractivity contribution is 0.178. The molecule has 0 bridgehead atoms. The Morgan fingerprint density at radius 2 is 2.26 bits per heavy atom. The van der Waals surface area contributed by atoms with E-state index in [0.717, 1.165) is 26.3 Å². The Morgan fingerprint density at radius 3 is 3.11 bits per heavy atom. The van der Waals surface area contributed by atoms with Crippen molar-refractivity contribution in [1.82, 2.24) is 5.32 Å². The fourth-order valence-corrected chi connectivity index (χ4v) is 3.20. The van der Waals surface area contributed by atoms with Gasteiger partial charge in [0.05, 0.1) is 6.61 Å². The van der Waals surface area contributed by atoms with Crippen LogP contribution in [0.15, 0.2) is 24.3 Å². The molecule has 3 heteroatoms. The maximum atomic E-state index is 5.48. The highest BCUT2D eigenvalue weighted by molar-refractivity contribution is 5.54. The van der Waals surface area contributed by atoms with Gasteiger partial charge in [-0.25, -0.2) is 0 Å². The molecule has 104 valence electrons. The fourth-order valence-electron chi connectivity index (χ4n) is 3.20. The van der Waals surface area contributed by atoms with Crippen molar-refractivity contribution in [2.75, 3.05) is 31.6 Å². The van der Waals surface area contributed by atoms with Crippen molar-refractivity contribution in [2.24, 2.45) is 5.92 Å². The van der Waals surface area contributed by atoms with Gasteiger partial charge in [0.1, 0.15) is 0 Å². The summed E-state index contributed by atoms with van der Waals surface area (Å²) in [5, 5.41) is 7.21. The van der Waals surface area contributed by atoms with Crippen molar-refractivity contribution >= 4 is 5.69 Å². The van der Waals surface area contributed by atoms with Crippen LogP contribution in [0.25, 0.3) is 0 Å². The zero-order chi connectivity index (χ0) is 13.1. The normalized spacial score (nSPS) is 27.6. The molecule has 19 heavy (non-hydrogen) atoms. The number of fused-ring (bicyclic) bond motifs is 1. The molecule has 0 aromatic heterocycles. The molecule has 0 saturated carbocycles. The summed E-state index contributed by atoms with van der Waals surface area (Å²) >= 11 is 0. The molecular formula is C16H24N2O. The first-order valence-corrected chi connectivity index (χ1v) is 7.48. The molecule has 3 unspecified atom stereocenters. The summed E-state index contributed by atoms with van der Waals surface area (Å²) in [5.41, 5.74) is 2.79. The molecule has 1 fully saturated rings. The van der Waals surface area contributed by atoms with E-state index in [9.17, 15) is 0 Å². The van der Waals surface area contributed by atoms with E-state index >= 15 is 0 Å². The molecule has 2 aliphatic heterocycles. The van der Waals surface area contributed by atoms with Gasteiger partial charge in [-0.3, -0.25) is 0 Å². The predicted octanol–water partition coefficient (Wildman–Crippen LogP) is 2.60.